The summed E-state index contributed by atoms with van der Waals surface area (Å²) < 4.78 is 16.1. The Bertz CT molecular complexity index is 492. The third-order valence-electron chi connectivity index (χ3n) is 4.13. The Labute approximate surface area is 118 Å². The van der Waals surface area contributed by atoms with Crippen molar-refractivity contribution in [1.82, 2.24) is 5.32 Å². The fourth-order valence-electron chi connectivity index (χ4n) is 2.89. The van der Waals surface area contributed by atoms with Gasteiger partial charge in [0.1, 0.15) is 17.1 Å². The van der Waals surface area contributed by atoms with Gasteiger partial charge >= 0.3 is 5.97 Å². The molecule has 110 valence electrons. The van der Waals surface area contributed by atoms with Gasteiger partial charge in [-0.25, -0.2) is 4.79 Å². The largest absolute Gasteiger partial charge is 0.465 e. The molecular formula is C15H21NO4. The highest BCUT2D eigenvalue weighted by molar-refractivity contribution is 5.90. The van der Waals surface area contributed by atoms with E-state index >= 15 is 0 Å². The number of ether oxygens (including phenoxy) is 2. The fourth-order valence-corrected chi connectivity index (χ4v) is 2.89. The van der Waals surface area contributed by atoms with Gasteiger partial charge in [-0.1, -0.05) is 0 Å². The molecule has 5 nitrogen and oxygen atoms in total. The van der Waals surface area contributed by atoms with Crippen LogP contribution in [0.4, 0.5) is 0 Å². The second kappa shape index (κ2) is 5.58. The molecule has 2 fully saturated rings. The smallest absolute Gasteiger partial charge is 0.341 e. The van der Waals surface area contributed by atoms with Crippen molar-refractivity contribution in [3.63, 3.8) is 0 Å². The molecule has 1 aromatic heterocycles. The number of carbonyl (C=O) groups is 1. The van der Waals surface area contributed by atoms with Gasteiger partial charge in [-0.2, -0.15) is 0 Å². The highest BCUT2D eigenvalue weighted by Gasteiger charge is 2.40. The van der Waals surface area contributed by atoms with Crippen LogP contribution in [0.25, 0.3) is 0 Å². The molecule has 20 heavy (non-hydrogen) atoms. The molecule has 0 aromatic carbocycles. The van der Waals surface area contributed by atoms with E-state index in [0.717, 1.165) is 24.7 Å². The van der Waals surface area contributed by atoms with Crippen LogP contribution in [-0.4, -0.2) is 31.8 Å². The van der Waals surface area contributed by atoms with Gasteiger partial charge in [0.2, 0.25) is 0 Å². The number of furan rings is 1. The van der Waals surface area contributed by atoms with Crippen molar-refractivity contribution in [3.05, 3.63) is 23.2 Å². The molecule has 0 spiro atoms. The van der Waals surface area contributed by atoms with Gasteiger partial charge in [0.25, 0.3) is 0 Å². The highest BCUT2D eigenvalue weighted by atomic mass is 16.5. The number of methoxy groups -OCH3 is 1. The normalized spacial score (nSPS) is 25.9. The average molecular weight is 279 g/mol. The Balaban J connectivity index is 1.59. The minimum absolute atomic E-state index is 0.349. The van der Waals surface area contributed by atoms with E-state index in [1.165, 1.54) is 20.0 Å². The number of nitrogens with one attached hydrogen (secondary N) is 1. The molecule has 1 saturated carbocycles. The van der Waals surface area contributed by atoms with Crippen LogP contribution >= 0.6 is 0 Å². The Kier molecular flexibility index (Phi) is 3.81. The van der Waals surface area contributed by atoms with Gasteiger partial charge in [0.05, 0.1) is 19.8 Å². The van der Waals surface area contributed by atoms with Crippen molar-refractivity contribution >= 4 is 5.97 Å². The maximum absolute atomic E-state index is 11.5. The maximum Gasteiger partial charge on any atom is 0.341 e. The maximum atomic E-state index is 11.5. The average Bonchev–Trinajstić information content (AvgIpc) is 3.07. The lowest BCUT2D eigenvalue weighted by atomic mass is 10.1. The number of carbonyl (C=O) groups excluding carboxylic acids is 1. The topological polar surface area (TPSA) is 60.7 Å². The van der Waals surface area contributed by atoms with Crippen LogP contribution in [0.3, 0.4) is 0 Å². The van der Waals surface area contributed by atoms with Crippen LogP contribution in [0.2, 0.25) is 0 Å². The molecule has 2 heterocycles. The SMILES string of the molecule is COC(=O)c1cc(CNC2CCOC2C2CC2)oc1C. The lowest BCUT2D eigenvalue weighted by molar-refractivity contribution is 0.0599. The summed E-state index contributed by atoms with van der Waals surface area (Å²) in [5.41, 5.74) is 0.505. The first-order valence-electron chi connectivity index (χ1n) is 7.21. The third-order valence-corrected chi connectivity index (χ3v) is 4.13. The van der Waals surface area contributed by atoms with Crippen LogP contribution in [0.15, 0.2) is 10.5 Å². The van der Waals surface area contributed by atoms with E-state index in [4.69, 9.17) is 13.9 Å². The molecule has 0 radical (unpaired) electrons. The molecule has 1 aliphatic heterocycles. The van der Waals surface area contributed by atoms with E-state index in [1.54, 1.807) is 13.0 Å². The highest BCUT2D eigenvalue weighted by Crippen LogP contribution is 2.38. The van der Waals surface area contributed by atoms with Crippen molar-refractivity contribution in [2.45, 2.75) is 44.9 Å². The zero-order valence-electron chi connectivity index (χ0n) is 12.0. The van der Waals surface area contributed by atoms with Gasteiger partial charge < -0.3 is 19.2 Å². The van der Waals surface area contributed by atoms with Gasteiger partial charge in [-0.15, -0.1) is 0 Å². The summed E-state index contributed by atoms with van der Waals surface area (Å²) in [6, 6.07) is 2.16. The first-order valence-corrected chi connectivity index (χ1v) is 7.21. The summed E-state index contributed by atoms with van der Waals surface area (Å²) in [6.07, 6.45) is 3.97. The Morgan fingerprint density at radius 2 is 2.25 bits per heavy atom. The van der Waals surface area contributed by atoms with E-state index in [1.807, 2.05) is 0 Å². The molecule has 1 saturated heterocycles. The standard InChI is InChI=1S/C15H21NO4/c1-9-12(15(17)18-2)7-11(20-9)8-16-13-5-6-19-14(13)10-3-4-10/h7,10,13-14,16H,3-6,8H2,1-2H3. The zero-order valence-corrected chi connectivity index (χ0v) is 12.0. The van der Waals surface area contributed by atoms with Crippen molar-refractivity contribution in [2.75, 3.05) is 13.7 Å². The van der Waals surface area contributed by atoms with Crippen molar-refractivity contribution in [3.8, 4) is 0 Å². The van der Waals surface area contributed by atoms with Gasteiger partial charge in [0.15, 0.2) is 0 Å². The van der Waals surface area contributed by atoms with Gasteiger partial charge in [-0.05, 0) is 38.2 Å². The Morgan fingerprint density at radius 1 is 1.45 bits per heavy atom. The van der Waals surface area contributed by atoms with Crippen LogP contribution < -0.4 is 5.32 Å². The molecule has 1 aromatic rings. The zero-order chi connectivity index (χ0) is 14.1. The van der Waals surface area contributed by atoms with Crippen LogP contribution in [0, 0.1) is 12.8 Å². The summed E-state index contributed by atoms with van der Waals surface area (Å²) in [6.45, 7) is 3.24. The summed E-state index contributed by atoms with van der Waals surface area (Å²) in [5.74, 6) is 1.76. The lowest BCUT2D eigenvalue weighted by Gasteiger charge is -2.18. The predicted octanol–water partition coefficient (Wildman–Crippen LogP) is 2.03. The number of hydrogen-bond donors (Lipinski definition) is 1. The number of hydrogen-bond acceptors (Lipinski definition) is 5. The van der Waals surface area contributed by atoms with Crippen molar-refractivity contribution in [1.29, 1.82) is 0 Å². The number of esters is 1. The minimum Gasteiger partial charge on any atom is -0.465 e. The summed E-state index contributed by atoms with van der Waals surface area (Å²) in [7, 11) is 1.38. The summed E-state index contributed by atoms with van der Waals surface area (Å²) >= 11 is 0. The quantitative estimate of drug-likeness (QED) is 0.836. The monoisotopic (exact) mass is 279 g/mol. The van der Waals surface area contributed by atoms with Crippen LogP contribution in [0.1, 0.15) is 41.1 Å². The number of aryl methyl sites for hydroxylation is 1. The second-order valence-electron chi connectivity index (χ2n) is 5.62. The van der Waals surface area contributed by atoms with Crippen molar-refractivity contribution < 1.29 is 18.7 Å². The van der Waals surface area contributed by atoms with E-state index in [-0.39, 0.29) is 5.97 Å². The predicted molar refractivity (Wildman–Crippen MR) is 72.5 cm³/mol. The molecule has 5 heteroatoms. The van der Waals surface area contributed by atoms with Crippen LogP contribution in [0.5, 0.6) is 0 Å². The fraction of sp³-hybridized carbons (Fsp3) is 0.667. The Hall–Kier alpha value is -1.33. The molecule has 1 N–H and O–H groups in total. The molecule has 0 bridgehead atoms. The first-order chi connectivity index (χ1) is 9.69. The van der Waals surface area contributed by atoms with Gasteiger partial charge in [0, 0.05) is 12.6 Å². The molecule has 2 atom stereocenters. The third kappa shape index (κ3) is 2.74. The molecule has 2 unspecified atom stereocenters. The lowest BCUT2D eigenvalue weighted by Crippen LogP contribution is -2.37. The summed E-state index contributed by atoms with van der Waals surface area (Å²) in [4.78, 5) is 11.5. The Morgan fingerprint density at radius 3 is 2.95 bits per heavy atom. The molecule has 1 aliphatic carbocycles. The summed E-state index contributed by atoms with van der Waals surface area (Å²) in [5, 5.41) is 3.50. The van der Waals surface area contributed by atoms with E-state index in [9.17, 15) is 4.79 Å². The van der Waals surface area contributed by atoms with Crippen molar-refractivity contribution in [2.24, 2.45) is 5.92 Å². The van der Waals surface area contributed by atoms with E-state index in [0.29, 0.717) is 30.0 Å². The first kappa shape index (κ1) is 13.6. The van der Waals surface area contributed by atoms with E-state index in [2.05, 4.69) is 5.32 Å². The van der Waals surface area contributed by atoms with Gasteiger partial charge in [-0.3, -0.25) is 0 Å². The van der Waals surface area contributed by atoms with E-state index < -0.39 is 0 Å². The molecule has 0 amide bonds. The van der Waals surface area contributed by atoms with Crippen LogP contribution in [-0.2, 0) is 16.0 Å². The molecular weight excluding hydrogens is 258 g/mol. The molecule has 3 rings (SSSR count). The second-order valence-corrected chi connectivity index (χ2v) is 5.62. The minimum atomic E-state index is -0.349. The number of rotatable bonds is 5. The molecule has 2 aliphatic rings.